The summed E-state index contributed by atoms with van der Waals surface area (Å²) in [5.74, 6) is 0.509. The van der Waals surface area contributed by atoms with Crippen LogP contribution >= 0.6 is 0 Å². The highest BCUT2D eigenvalue weighted by Crippen LogP contribution is 2.32. The molecule has 1 aromatic rings. The third-order valence-electron chi connectivity index (χ3n) is 2.78. The lowest BCUT2D eigenvalue weighted by atomic mass is 9.94. The first-order chi connectivity index (χ1) is 6.66. The Hall–Kier alpha value is -1.30. The Kier molecular flexibility index (Phi) is 2.28. The number of hydrogen-bond donors (Lipinski definition) is 0. The number of rotatable bonds is 1. The molecular weight excluding hydrogens is 168 g/mol. The van der Waals surface area contributed by atoms with E-state index >= 15 is 0 Å². The molecule has 0 N–H and O–H groups in total. The first kappa shape index (κ1) is 9.26. The summed E-state index contributed by atoms with van der Waals surface area (Å²) in [6.07, 6.45) is 4.61. The molecular formula is C14H16. The van der Waals surface area contributed by atoms with E-state index in [2.05, 4.69) is 57.2 Å². The van der Waals surface area contributed by atoms with E-state index in [0.717, 1.165) is 0 Å². The Labute approximate surface area is 86.0 Å². The van der Waals surface area contributed by atoms with Gasteiger partial charge in [0.25, 0.3) is 0 Å². The quantitative estimate of drug-likeness (QED) is 0.619. The van der Waals surface area contributed by atoms with E-state index in [0.29, 0.717) is 5.92 Å². The van der Waals surface area contributed by atoms with Crippen LogP contribution in [0.5, 0.6) is 0 Å². The van der Waals surface area contributed by atoms with Gasteiger partial charge in [-0.3, -0.25) is 0 Å². The van der Waals surface area contributed by atoms with Crippen LogP contribution in [0.4, 0.5) is 0 Å². The van der Waals surface area contributed by atoms with Crippen LogP contribution in [-0.4, -0.2) is 0 Å². The molecule has 0 heterocycles. The molecule has 1 unspecified atom stereocenters. The molecule has 0 aromatic heterocycles. The summed E-state index contributed by atoms with van der Waals surface area (Å²) in [6, 6.07) is 8.77. The molecule has 72 valence electrons. The molecule has 14 heavy (non-hydrogen) atoms. The monoisotopic (exact) mass is 184 g/mol. The van der Waals surface area contributed by atoms with Gasteiger partial charge in [-0.2, -0.15) is 0 Å². The number of hydrogen-bond acceptors (Lipinski definition) is 0. The van der Waals surface area contributed by atoms with Gasteiger partial charge in [0.1, 0.15) is 0 Å². The predicted octanol–water partition coefficient (Wildman–Crippen LogP) is 3.98. The maximum atomic E-state index is 2.34. The molecule has 2 rings (SSSR count). The largest absolute Gasteiger partial charge is 0.0700 e. The van der Waals surface area contributed by atoms with Crippen LogP contribution in [0.15, 0.2) is 47.6 Å². The van der Waals surface area contributed by atoms with Gasteiger partial charge in [0.15, 0.2) is 0 Å². The van der Waals surface area contributed by atoms with E-state index in [9.17, 15) is 0 Å². The van der Waals surface area contributed by atoms with Gasteiger partial charge in [0.2, 0.25) is 0 Å². The normalized spacial score (nSPS) is 20.6. The van der Waals surface area contributed by atoms with Crippen LogP contribution in [0.1, 0.15) is 30.9 Å². The van der Waals surface area contributed by atoms with Crippen molar-refractivity contribution >= 4 is 0 Å². The predicted molar refractivity (Wildman–Crippen MR) is 61.4 cm³/mol. The Bertz CT molecular complexity index is 408. The van der Waals surface area contributed by atoms with Gasteiger partial charge in [0, 0.05) is 5.92 Å². The van der Waals surface area contributed by atoms with Gasteiger partial charge in [0.05, 0.1) is 0 Å². The molecule has 0 spiro atoms. The van der Waals surface area contributed by atoms with Crippen molar-refractivity contribution in [3.05, 3.63) is 58.7 Å². The van der Waals surface area contributed by atoms with Crippen molar-refractivity contribution in [2.24, 2.45) is 0 Å². The first-order valence-corrected chi connectivity index (χ1v) is 5.10. The first-order valence-electron chi connectivity index (χ1n) is 5.10. The molecule has 1 aliphatic rings. The van der Waals surface area contributed by atoms with E-state index < -0.39 is 0 Å². The number of benzene rings is 1. The fraction of sp³-hybridized carbons (Fsp3) is 0.286. The fourth-order valence-corrected chi connectivity index (χ4v) is 2.11. The molecule has 0 saturated heterocycles. The van der Waals surface area contributed by atoms with E-state index in [1.165, 1.54) is 22.3 Å². The van der Waals surface area contributed by atoms with Crippen LogP contribution in [0, 0.1) is 6.92 Å². The van der Waals surface area contributed by atoms with Gasteiger partial charge >= 0.3 is 0 Å². The smallest absolute Gasteiger partial charge is 0.0234 e. The summed E-state index contributed by atoms with van der Waals surface area (Å²) in [6.45, 7) is 6.52. The molecule has 0 bridgehead atoms. The molecule has 0 heteroatoms. The van der Waals surface area contributed by atoms with Crippen molar-refractivity contribution in [1.82, 2.24) is 0 Å². The van der Waals surface area contributed by atoms with Crippen LogP contribution in [0.25, 0.3) is 0 Å². The van der Waals surface area contributed by atoms with Gasteiger partial charge in [-0.1, -0.05) is 53.1 Å². The zero-order valence-corrected chi connectivity index (χ0v) is 9.04. The molecule has 0 nitrogen and oxygen atoms in total. The molecule has 0 amide bonds. The minimum atomic E-state index is 0.509. The van der Waals surface area contributed by atoms with Crippen molar-refractivity contribution in [2.45, 2.75) is 26.7 Å². The van der Waals surface area contributed by atoms with Crippen molar-refractivity contribution in [3.63, 3.8) is 0 Å². The van der Waals surface area contributed by atoms with E-state index in [-0.39, 0.29) is 0 Å². The topological polar surface area (TPSA) is 0 Å². The van der Waals surface area contributed by atoms with Gasteiger partial charge in [-0.15, -0.1) is 0 Å². The van der Waals surface area contributed by atoms with Crippen molar-refractivity contribution in [1.29, 1.82) is 0 Å². The van der Waals surface area contributed by atoms with E-state index in [1.807, 2.05) is 0 Å². The lowest BCUT2D eigenvalue weighted by Gasteiger charge is -2.10. The summed E-state index contributed by atoms with van der Waals surface area (Å²) in [5, 5.41) is 0. The van der Waals surface area contributed by atoms with Crippen LogP contribution in [-0.2, 0) is 0 Å². The second-order valence-corrected chi connectivity index (χ2v) is 4.19. The van der Waals surface area contributed by atoms with E-state index in [1.54, 1.807) is 0 Å². The second-order valence-electron chi connectivity index (χ2n) is 4.19. The molecule has 0 saturated carbocycles. The van der Waals surface area contributed by atoms with Crippen molar-refractivity contribution < 1.29 is 0 Å². The lowest BCUT2D eigenvalue weighted by Crippen LogP contribution is -1.93. The minimum absolute atomic E-state index is 0.509. The summed E-state index contributed by atoms with van der Waals surface area (Å²) < 4.78 is 0. The summed E-state index contributed by atoms with van der Waals surface area (Å²) >= 11 is 0. The van der Waals surface area contributed by atoms with Crippen LogP contribution in [0.2, 0.25) is 0 Å². The molecule has 1 atom stereocenters. The average Bonchev–Trinajstić information content (AvgIpc) is 2.45. The zero-order chi connectivity index (χ0) is 10.1. The molecule has 1 aliphatic carbocycles. The summed E-state index contributed by atoms with van der Waals surface area (Å²) in [5.41, 5.74) is 5.59. The SMILES string of the molecule is CC1=CC(c2cccc(C)c2)C(C)=C1. The maximum absolute atomic E-state index is 2.34. The molecule has 1 aromatic carbocycles. The van der Waals surface area contributed by atoms with E-state index in [4.69, 9.17) is 0 Å². The minimum Gasteiger partial charge on any atom is -0.0700 e. The molecule has 0 radical (unpaired) electrons. The van der Waals surface area contributed by atoms with Gasteiger partial charge in [-0.05, 0) is 26.3 Å². The standard InChI is InChI=1S/C14H16/c1-10-5-4-6-13(8-10)14-9-11(2)7-12(14)3/h4-9,14H,1-3H3. The number of aryl methyl sites for hydroxylation is 1. The lowest BCUT2D eigenvalue weighted by molar-refractivity contribution is 1.01. The highest BCUT2D eigenvalue weighted by atomic mass is 14.2. The van der Waals surface area contributed by atoms with Crippen LogP contribution in [0.3, 0.4) is 0 Å². The fourth-order valence-electron chi connectivity index (χ4n) is 2.11. The van der Waals surface area contributed by atoms with Gasteiger partial charge < -0.3 is 0 Å². The Morgan fingerprint density at radius 1 is 1.07 bits per heavy atom. The number of allylic oxidation sites excluding steroid dienone is 4. The van der Waals surface area contributed by atoms with Crippen molar-refractivity contribution in [3.8, 4) is 0 Å². The Balaban J connectivity index is 2.38. The van der Waals surface area contributed by atoms with Crippen molar-refractivity contribution in [2.75, 3.05) is 0 Å². The third-order valence-corrected chi connectivity index (χ3v) is 2.78. The molecule has 0 aliphatic heterocycles. The highest BCUT2D eigenvalue weighted by molar-refractivity contribution is 5.44. The summed E-state index contributed by atoms with van der Waals surface area (Å²) in [4.78, 5) is 0. The maximum Gasteiger partial charge on any atom is 0.0234 e. The van der Waals surface area contributed by atoms with Gasteiger partial charge in [-0.25, -0.2) is 0 Å². The highest BCUT2D eigenvalue weighted by Gasteiger charge is 2.15. The van der Waals surface area contributed by atoms with Crippen LogP contribution < -0.4 is 0 Å². The second kappa shape index (κ2) is 3.45. The Morgan fingerprint density at radius 2 is 1.86 bits per heavy atom. The zero-order valence-electron chi connectivity index (χ0n) is 9.04. The molecule has 0 fully saturated rings. The summed E-state index contributed by atoms with van der Waals surface area (Å²) in [7, 11) is 0. The Morgan fingerprint density at radius 3 is 2.43 bits per heavy atom. The third kappa shape index (κ3) is 1.65. The average molecular weight is 184 g/mol.